The first-order valence-corrected chi connectivity index (χ1v) is 3.47. The van der Waals surface area contributed by atoms with Crippen molar-refractivity contribution in [3.8, 4) is 0 Å². The number of Topliss-reactive ketones (excluding diaryl/α,β-unsaturated/α-hetero) is 1. The van der Waals surface area contributed by atoms with Crippen LogP contribution in [0, 0.1) is 0 Å². The number of carbonyl (C=O) groups is 1. The van der Waals surface area contributed by atoms with Gasteiger partial charge >= 0.3 is 0 Å². The number of rotatable bonds is 2. The molecule has 0 rings (SSSR count). The fourth-order valence-corrected chi connectivity index (χ4v) is 0. The van der Waals surface area contributed by atoms with Gasteiger partial charge in [0.15, 0.2) is 0 Å². The molecule has 66 valence electrons. The Hall–Kier alpha value is -0.830. The van der Waals surface area contributed by atoms with E-state index >= 15 is 0 Å². The van der Waals surface area contributed by atoms with Crippen molar-refractivity contribution in [2.75, 3.05) is 0 Å². The molecular weight excluding hydrogens is 144 g/mol. The maximum absolute atomic E-state index is 9.81. The zero-order valence-corrected chi connectivity index (χ0v) is 7.29. The molecule has 1 atom stereocenters. The average Bonchev–Trinajstić information content (AvgIpc) is 1.89. The lowest BCUT2D eigenvalue weighted by atomic mass is 10.4. The molecule has 0 amide bonds. The van der Waals surface area contributed by atoms with E-state index in [2.05, 4.69) is 6.58 Å². The molecule has 0 aliphatic rings. The van der Waals surface area contributed by atoms with Crippen molar-refractivity contribution in [1.29, 1.82) is 0 Å². The zero-order chi connectivity index (χ0) is 9.44. The van der Waals surface area contributed by atoms with E-state index in [1.54, 1.807) is 6.92 Å². The van der Waals surface area contributed by atoms with Crippen molar-refractivity contribution in [2.24, 2.45) is 0 Å². The summed E-state index contributed by atoms with van der Waals surface area (Å²) in [6.45, 7) is 7.94. The largest absolute Gasteiger partial charge is 0.510 e. The van der Waals surface area contributed by atoms with E-state index in [4.69, 9.17) is 10.2 Å². The SMILES string of the molecule is C=C(O)C(C)O.CCC(C)=O. The maximum atomic E-state index is 9.81. The van der Waals surface area contributed by atoms with Crippen LogP contribution in [0.4, 0.5) is 0 Å². The second-order valence-corrected chi connectivity index (χ2v) is 2.22. The first-order valence-electron chi connectivity index (χ1n) is 3.47. The van der Waals surface area contributed by atoms with E-state index in [-0.39, 0.29) is 11.5 Å². The number of hydrogen-bond donors (Lipinski definition) is 2. The third-order valence-electron chi connectivity index (χ3n) is 0.980. The van der Waals surface area contributed by atoms with Crippen molar-refractivity contribution in [3.05, 3.63) is 12.3 Å². The Morgan fingerprint density at radius 1 is 1.64 bits per heavy atom. The monoisotopic (exact) mass is 160 g/mol. The Kier molecular flexibility index (Phi) is 8.48. The number of carbonyl (C=O) groups excluding carboxylic acids is 1. The summed E-state index contributed by atoms with van der Waals surface area (Å²) in [6.07, 6.45) is -0.120. The molecule has 0 aromatic carbocycles. The molecule has 3 heteroatoms. The maximum Gasteiger partial charge on any atom is 0.129 e. The van der Waals surface area contributed by atoms with E-state index in [9.17, 15) is 4.79 Å². The summed E-state index contributed by atoms with van der Waals surface area (Å²) in [5, 5.41) is 16.5. The molecule has 0 aliphatic carbocycles. The quantitative estimate of drug-likeness (QED) is 0.601. The molecule has 0 fully saturated rings. The van der Waals surface area contributed by atoms with Gasteiger partial charge in [0.1, 0.15) is 17.6 Å². The summed E-state index contributed by atoms with van der Waals surface area (Å²) in [4.78, 5) is 9.81. The molecule has 0 aromatic heterocycles. The first kappa shape index (κ1) is 12.8. The highest BCUT2D eigenvalue weighted by atomic mass is 16.3. The van der Waals surface area contributed by atoms with Gasteiger partial charge in [-0.05, 0) is 13.8 Å². The molecule has 0 heterocycles. The van der Waals surface area contributed by atoms with Crippen LogP contribution in [0.3, 0.4) is 0 Å². The fourth-order valence-electron chi connectivity index (χ4n) is 0. The van der Waals surface area contributed by atoms with Gasteiger partial charge in [-0.1, -0.05) is 13.5 Å². The molecular formula is C8H16O3. The molecule has 0 bridgehead atoms. The van der Waals surface area contributed by atoms with Gasteiger partial charge < -0.3 is 15.0 Å². The topological polar surface area (TPSA) is 57.5 Å². The zero-order valence-electron chi connectivity index (χ0n) is 7.29. The molecule has 0 aliphatic heterocycles. The lowest BCUT2D eigenvalue weighted by Gasteiger charge is -1.95. The summed E-state index contributed by atoms with van der Waals surface area (Å²) in [7, 11) is 0. The molecule has 2 N–H and O–H groups in total. The van der Waals surface area contributed by atoms with E-state index < -0.39 is 6.10 Å². The smallest absolute Gasteiger partial charge is 0.129 e. The Balaban J connectivity index is 0. The Labute approximate surface area is 67.4 Å². The van der Waals surface area contributed by atoms with E-state index in [0.29, 0.717) is 6.42 Å². The van der Waals surface area contributed by atoms with Gasteiger partial charge in [-0.25, -0.2) is 0 Å². The van der Waals surface area contributed by atoms with Crippen LogP contribution < -0.4 is 0 Å². The molecule has 1 unspecified atom stereocenters. The van der Waals surface area contributed by atoms with Crippen LogP contribution in [-0.4, -0.2) is 22.1 Å². The van der Waals surface area contributed by atoms with Crippen LogP contribution in [0.5, 0.6) is 0 Å². The van der Waals surface area contributed by atoms with E-state index in [1.807, 2.05) is 6.92 Å². The van der Waals surface area contributed by atoms with Crippen molar-refractivity contribution >= 4 is 5.78 Å². The van der Waals surface area contributed by atoms with Gasteiger partial charge in [-0.2, -0.15) is 0 Å². The van der Waals surface area contributed by atoms with Gasteiger partial charge in [-0.15, -0.1) is 0 Å². The van der Waals surface area contributed by atoms with Crippen LogP contribution in [0.1, 0.15) is 27.2 Å². The highest BCUT2D eigenvalue weighted by Gasteiger charge is 1.93. The molecule has 0 spiro atoms. The van der Waals surface area contributed by atoms with Crippen LogP contribution in [0.15, 0.2) is 12.3 Å². The Morgan fingerprint density at radius 3 is 1.82 bits per heavy atom. The summed E-state index contributed by atoms with van der Waals surface area (Å²) in [5.41, 5.74) is 0. The van der Waals surface area contributed by atoms with Crippen molar-refractivity contribution in [1.82, 2.24) is 0 Å². The van der Waals surface area contributed by atoms with Crippen LogP contribution in [-0.2, 0) is 4.79 Å². The third-order valence-corrected chi connectivity index (χ3v) is 0.980. The van der Waals surface area contributed by atoms with Gasteiger partial charge in [0.2, 0.25) is 0 Å². The minimum atomic E-state index is -0.787. The summed E-state index contributed by atoms with van der Waals surface area (Å²) < 4.78 is 0. The number of aliphatic hydroxyl groups is 2. The predicted molar refractivity (Wildman–Crippen MR) is 44.4 cm³/mol. The minimum absolute atomic E-state index is 0.185. The van der Waals surface area contributed by atoms with Gasteiger partial charge in [0, 0.05) is 6.42 Å². The first-order chi connectivity index (χ1) is 4.91. The van der Waals surface area contributed by atoms with Crippen LogP contribution in [0.2, 0.25) is 0 Å². The Morgan fingerprint density at radius 2 is 1.82 bits per heavy atom. The molecule has 0 aromatic rings. The van der Waals surface area contributed by atoms with Gasteiger partial charge in [-0.3, -0.25) is 0 Å². The highest BCUT2D eigenvalue weighted by Crippen LogP contribution is 1.88. The van der Waals surface area contributed by atoms with Gasteiger partial charge in [0.05, 0.1) is 0 Å². The van der Waals surface area contributed by atoms with Crippen molar-refractivity contribution in [3.63, 3.8) is 0 Å². The van der Waals surface area contributed by atoms with E-state index in [1.165, 1.54) is 6.92 Å². The van der Waals surface area contributed by atoms with Crippen molar-refractivity contribution < 1.29 is 15.0 Å². The fraction of sp³-hybridized carbons (Fsp3) is 0.625. The molecule has 0 saturated carbocycles. The molecule has 0 radical (unpaired) electrons. The summed E-state index contributed by atoms with van der Waals surface area (Å²) >= 11 is 0. The average molecular weight is 160 g/mol. The predicted octanol–water partition coefficient (Wildman–Crippen LogP) is 1.42. The number of aliphatic hydroxyl groups excluding tert-OH is 2. The Bertz CT molecular complexity index is 127. The standard InChI is InChI=1S/C4H8O2.C4H8O/c1-3(5)4(2)6;1-3-4(2)5/h4-6H,1H2,2H3;3H2,1-2H3. The van der Waals surface area contributed by atoms with Crippen LogP contribution in [0.25, 0.3) is 0 Å². The van der Waals surface area contributed by atoms with E-state index in [0.717, 1.165) is 0 Å². The molecule has 3 nitrogen and oxygen atoms in total. The second-order valence-electron chi connectivity index (χ2n) is 2.22. The number of ketones is 1. The molecule has 11 heavy (non-hydrogen) atoms. The van der Waals surface area contributed by atoms with Gasteiger partial charge in [0.25, 0.3) is 0 Å². The lowest BCUT2D eigenvalue weighted by molar-refractivity contribution is -0.116. The lowest BCUT2D eigenvalue weighted by Crippen LogP contribution is -2.00. The number of hydrogen-bond acceptors (Lipinski definition) is 3. The third kappa shape index (κ3) is 17.6. The normalized spacial score (nSPS) is 10.9. The minimum Gasteiger partial charge on any atom is -0.510 e. The van der Waals surface area contributed by atoms with Crippen LogP contribution >= 0.6 is 0 Å². The highest BCUT2D eigenvalue weighted by molar-refractivity contribution is 5.74. The summed E-state index contributed by atoms with van der Waals surface area (Å²) in [6, 6.07) is 0. The van der Waals surface area contributed by atoms with Crippen molar-refractivity contribution in [2.45, 2.75) is 33.3 Å². The second kappa shape index (κ2) is 7.28. The molecule has 0 saturated heterocycles. The summed E-state index contributed by atoms with van der Waals surface area (Å²) in [5.74, 6) is 0.0694.